The minimum absolute atomic E-state index is 0.438. The van der Waals surface area contributed by atoms with E-state index in [0.29, 0.717) is 6.20 Å². The van der Waals surface area contributed by atoms with Gasteiger partial charge in [0.1, 0.15) is 11.4 Å². The number of H-pyrrole nitrogens is 1. The molecule has 0 aliphatic carbocycles. The number of carboxylic acids is 1. The van der Waals surface area contributed by atoms with Crippen molar-refractivity contribution in [2.75, 3.05) is 5.73 Å². The van der Waals surface area contributed by atoms with Crippen molar-refractivity contribution < 1.29 is 18.7 Å². The number of rotatable bonds is 2. The van der Waals surface area contributed by atoms with E-state index in [1.165, 1.54) is 0 Å². The lowest BCUT2D eigenvalue weighted by molar-refractivity contribution is 0.0695. The highest BCUT2D eigenvalue weighted by Crippen LogP contribution is 2.15. The van der Waals surface area contributed by atoms with Crippen LogP contribution < -0.4 is 11.2 Å². The van der Waals surface area contributed by atoms with Gasteiger partial charge in [0.25, 0.3) is 6.43 Å². The van der Waals surface area contributed by atoms with Crippen molar-refractivity contribution in [2.45, 2.75) is 6.43 Å². The van der Waals surface area contributed by atoms with Crippen LogP contribution in [0.2, 0.25) is 0 Å². The Morgan fingerprint density at radius 3 is 2.57 bits per heavy atom. The molecule has 0 saturated heterocycles. The molecule has 0 aliphatic heterocycles. The number of nitrogens with one attached hydrogen (secondary N) is 1. The van der Waals surface area contributed by atoms with Gasteiger partial charge in [-0.3, -0.25) is 4.79 Å². The third kappa shape index (κ3) is 1.56. The molecular formula is C7H6F2N2O3. The second-order valence-corrected chi connectivity index (χ2v) is 2.47. The topological polar surface area (TPSA) is 96.2 Å². The monoisotopic (exact) mass is 204 g/mol. The fourth-order valence-electron chi connectivity index (χ4n) is 0.934. The van der Waals surface area contributed by atoms with E-state index in [0.717, 1.165) is 0 Å². The van der Waals surface area contributed by atoms with Crippen molar-refractivity contribution in [1.82, 2.24) is 4.98 Å². The number of aromatic carboxylic acids is 1. The Hall–Kier alpha value is -1.92. The number of nitrogens with two attached hydrogens (primary N) is 1. The second kappa shape index (κ2) is 3.44. The van der Waals surface area contributed by atoms with Gasteiger partial charge in [-0.15, -0.1) is 0 Å². The van der Waals surface area contributed by atoms with E-state index in [2.05, 4.69) is 4.98 Å². The molecule has 76 valence electrons. The number of pyridine rings is 1. The first kappa shape index (κ1) is 10.2. The zero-order chi connectivity index (χ0) is 10.9. The molecule has 1 aromatic heterocycles. The van der Waals surface area contributed by atoms with Gasteiger partial charge in [0, 0.05) is 6.20 Å². The fourth-order valence-corrected chi connectivity index (χ4v) is 0.934. The van der Waals surface area contributed by atoms with Crippen LogP contribution in [-0.4, -0.2) is 16.1 Å². The Morgan fingerprint density at radius 1 is 1.57 bits per heavy atom. The predicted molar refractivity (Wildman–Crippen MR) is 43.4 cm³/mol. The van der Waals surface area contributed by atoms with E-state index in [4.69, 9.17) is 10.8 Å². The zero-order valence-corrected chi connectivity index (χ0v) is 6.75. The number of hydrogen-bond donors (Lipinski definition) is 3. The molecular weight excluding hydrogens is 198 g/mol. The Morgan fingerprint density at radius 2 is 2.14 bits per heavy atom. The summed E-state index contributed by atoms with van der Waals surface area (Å²) in [6, 6.07) is 0. The van der Waals surface area contributed by atoms with Crippen molar-refractivity contribution in [1.29, 1.82) is 0 Å². The second-order valence-electron chi connectivity index (χ2n) is 2.47. The number of carbonyl (C=O) groups is 1. The summed E-state index contributed by atoms with van der Waals surface area (Å²) in [5.74, 6) is -2.07. The van der Waals surface area contributed by atoms with Crippen LogP contribution in [0.4, 0.5) is 14.6 Å². The number of carboxylic acid groups (broad SMARTS) is 1. The third-order valence-corrected chi connectivity index (χ3v) is 1.59. The summed E-state index contributed by atoms with van der Waals surface area (Å²) in [4.78, 5) is 23.7. The molecule has 7 heteroatoms. The van der Waals surface area contributed by atoms with Crippen molar-refractivity contribution in [2.24, 2.45) is 0 Å². The number of aromatic amines is 1. The van der Waals surface area contributed by atoms with E-state index in [1.54, 1.807) is 0 Å². The number of nitrogen functional groups attached to an aromatic ring is 1. The van der Waals surface area contributed by atoms with Crippen molar-refractivity contribution >= 4 is 11.8 Å². The van der Waals surface area contributed by atoms with Crippen LogP contribution in [0.25, 0.3) is 0 Å². The Kier molecular flexibility index (Phi) is 2.50. The van der Waals surface area contributed by atoms with Crippen LogP contribution in [-0.2, 0) is 0 Å². The average Bonchev–Trinajstić information content (AvgIpc) is 2.02. The molecule has 0 saturated carbocycles. The minimum atomic E-state index is -3.03. The Bertz CT molecular complexity index is 427. The molecule has 0 unspecified atom stereocenters. The van der Waals surface area contributed by atoms with Crippen LogP contribution in [0, 0.1) is 0 Å². The van der Waals surface area contributed by atoms with E-state index in [9.17, 15) is 18.4 Å². The van der Waals surface area contributed by atoms with Gasteiger partial charge in [0.15, 0.2) is 0 Å². The summed E-state index contributed by atoms with van der Waals surface area (Å²) < 4.78 is 24.3. The standard InChI is InChI=1S/C7H6F2N2O3/c8-5(9)2-1-11-6(10)3(4(2)12)7(13)14/h1,5H,(H,13,14)(H3,10,11,12). The number of halogens is 2. The van der Waals surface area contributed by atoms with Crippen LogP contribution in [0.1, 0.15) is 22.3 Å². The SMILES string of the molecule is Nc1[nH]cc(C(F)F)c(=O)c1C(=O)O. The first-order valence-corrected chi connectivity index (χ1v) is 3.47. The van der Waals surface area contributed by atoms with E-state index < -0.39 is 34.8 Å². The Labute approximate surface area is 76.2 Å². The largest absolute Gasteiger partial charge is 0.477 e. The number of aromatic nitrogens is 1. The number of anilines is 1. The Balaban J connectivity index is 3.50. The molecule has 0 spiro atoms. The molecule has 0 aromatic carbocycles. The van der Waals surface area contributed by atoms with Crippen molar-refractivity contribution in [3.63, 3.8) is 0 Å². The fraction of sp³-hybridized carbons (Fsp3) is 0.143. The summed E-state index contributed by atoms with van der Waals surface area (Å²) in [6.07, 6.45) is -2.33. The molecule has 0 radical (unpaired) electrons. The summed E-state index contributed by atoms with van der Waals surface area (Å²) in [7, 11) is 0. The number of hydrogen-bond acceptors (Lipinski definition) is 3. The van der Waals surface area contributed by atoms with Gasteiger partial charge in [0.2, 0.25) is 5.43 Å². The third-order valence-electron chi connectivity index (χ3n) is 1.59. The maximum Gasteiger partial charge on any atom is 0.343 e. The first-order chi connectivity index (χ1) is 6.45. The maximum absolute atomic E-state index is 12.1. The van der Waals surface area contributed by atoms with Gasteiger partial charge in [-0.2, -0.15) is 0 Å². The summed E-state index contributed by atoms with van der Waals surface area (Å²) in [5.41, 5.74) is 2.09. The molecule has 0 aliphatic rings. The lowest BCUT2D eigenvalue weighted by Crippen LogP contribution is -2.22. The molecule has 1 rings (SSSR count). The van der Waals surface area contributed by atoms with Gasteiger partial charge in [-0.25, -0.2) is 13.6 Å². The van der Waals surface area contributed by atoms with E-state index >= 15 is 0 Å². The van der Waals surface area contributed by atoms with Crippen molar-refractivity contribution in [3.05, 3.63) is 27.5 Å². The molecule has 5 nitrogen and oxygen atoms in total. The highest BCUT2D eigenvalue weighted by atomic mass is 19.3. The maximum atomic E-state index is 12.1. The summed E-state index contributed by atoms with van der Waals surface area (Å²) in [6.45, 7) is 0. The predicted octanol–water partition coefficient (Wildman–Crippen LogP) is 0.593. The molecule has 0 amide bonds. The van der Waals surface area contributed by atoms with Gasteiger partial charge < -0.3 is 15.8 Å². The van der Waals surface area contributed by atoms with E-state index in [1.807, 2.05) is 0 Å². The van der Waals surface area contributed by atoms with Crippen LogP contribution in [0.3, 0.4) is 0 Å². The van der Waals surface area contributed by atoms with Crippen LogP contribution in [0.15, 0.2) is 11.0 Å². The lowest BCUT2D eigenvalue weighted by atomic mass is 10.2. The smallest absolute Gasteiger partial charge is 0.343 e. The minimum Gasteiger partial charge on any atom is -0.477 e. The average molecular weight is 204 g/mol. The van der Waals surface area contributed by atoms with Gasteiger partial charge in [-0.1, -0.05) is 0 Å². The van der Waals surface area contributed by atoms with Gasteiger partial charge >= 0.3 is 5.97 Å². The van der Waals surface area contributed by atoms with Crippen LogP contribution >= 0.6 is 0 Å². The summed E-state index contributed by atoms with van der Waals surface area (Å²) in [5, 5.41) is 8.51. The van der Waals surface area contributed by atoms with E-state index in [-0.39, 0.29) is 0 Å². The molecule has 1 heterocycles. The molecule has 0 bridgehead atoms. The zero-order valence-electron chi connectivity index (χ0n) is 6.75. The van der Waals surface area contributed by atoms with Crippen LogP contribution in [0.5, 0.6) is 0 Å². The van der Waals surface area contributed by atoms with Gasteiger partial charge in [0.05, 0.1) is 5.56 Å². The van der Waals surface area contributed by atoms with Gasteiger partial charge in [-0.05, 0) is 0 Å². The quantitative estimate of drug-likeness (QED) is 0.656. The highest BCUT2D eigenvalue weighted by Gasteiger charge is 2.20. The molecule has 1 aromatic rings. The highest BCUT2D eigenvalue weighted by molar-refractivity contribution is 5.92. The molecule has 0 atom stereocenters. The van der Waals surface area contributed by atoms with Crippen molar-refractivity contribution in [3.8, 4) is 0 Å². The molecule has 14 heavy (non-hydrogen) atoms. The lowest BCUT2D eigenvalue weighted by Gasteiger charge is -2.03. The molecule has 4 N–H and O–H groups in total. The normalized spacial score (nSPS) is 10.5. The summed E-state index contributed by atoms with van der Waals surface area (Å²) >= 11 is 0. The first-order valence-electron chi connectivity index (χ1n) is 3.47. The number of alkyl halides is 2. The molecule has 0 fully saturated rings.